The van der Waals surface area contributed by atoms with Gasteiger partial charge < -0.3 is 5.73 Å². The Kier molecular flexibility index (Phi) is 3.77. The van der Waals surface area contributed by atoms with Crippen LogP contribution in [0.25, 0.3) is 0 Å². The fraction of sp³-hybridized carbons (Fsp3) is 0.182. The van der Waals surface area contributed by atoms with Crippen LogP contribution in [-0.2, 0) is 12.3 Å². The van der Waals surface area contributed by atoms with Crippen LogP contribution in [0.1, 0.15) is 11.1 Å². The van der Waals surface area contributed by atoms with Crippen molar-refractivity contribution in [2.45, 2.75) is 16.6 Å². The molecule has 1 aromatic carbocycles. The maximum Gasteiger partial charge on any atom is 0.150 e. The first kappa shape index (κ1) is 10.7. The zero-order valence-corrected chi connectivity index (χ0v) is 9.85. The number of aromatic nitrogens is 1. The van der Waals surface area contributed by atoms with Gasteiger partial charge in [0.25, 0.3) is 0 Å². The van der Waals surface area contributed by atoms with Crippen molar-refractivity contribution in [3.8, 4) is 0 Å². The van der Waals surface area contributed by atoms with Gasteiger partial charge in [-0.1, -0.05) is 36.0 Å². The average molecular weight is 236 g/mol. The molecule has 0 atom stereocenters. The van der Waals surface area contributed by atoms with E-state index < -0.39 is 0 Å². The van der Waals surface area contributed by atoms with Crippen molar-refractivity contribution < 1.29 is 0 Å². The van der Waals surface area contributed by atoms with Crippen molar-refractivity contribution in [1.82, 2.24) is 4.98 Å². The fourth-order valence-electron chi connectivity index (χ4n) is 1.20. The van der Waals surface area contributed by atoms with Crippen LogP contribution in [0.15, 0.2) is 40.2 Å². The average Bonchev–Trinajstić information content (AvgIpc) is 2.80. The highest BCUT2D eigenvalue weighted by Gasteiger charge is 1.98. The van der Waals surface area contributed by atoms with Gasteiger partial charge in [0.15, 0.2) is 0 Å². The number of thiazole rings is 1. The molecule has 0 fully saturated rings. The van der Waals surface area contributed by atoms with Crippen molar-refractivity contribution in [2.24, 2.45) is 5.73 Å². The van der Waals surface area contributed by atoms with Crippen LogP contribution in [0, 0.1) is 0 Å². The van der Waals surface area contributed by atoms with E-state index in [1.165, 1.54) is 11.1 Å². The molecule has 0 unspecified atom stereocenters. The molecule has 0 saturated carbocycles. The second kappa shape index (κ2) is 5.30. The van der Waals surface area contributed by atoms with Crippen LogP contribution in [0.2, 0.25) is 0 Å². The summed E-state index contributed by atoms with van der Waals surface area (Å²) in [6.45, 7) is 0.611. The van der Waals surface area contributed by atoms with E-state index in [0.29, 0.717) is 6.54 Å². The summed E-state index contributed by atoms with van der Waals surface area (Å²) in [6, 6.07) is 8.42. The monoisotopic (exact) mass is 236 g/mol. The molecule has 78 valence electrons. The van der Waals surface area contributed by atoms with Crippen molar-refractivity contribution in [3.63, 3.8) is 0 Å². The molecule has 1 aromatic heterocycles. The van der Waals surface area contributed by atoms with Gasteiger partial charge in [-0.2, -0.15) is 0 Å². The number of rotatable bonds is 4. The Labute approximate surface area is 97.5 Å². The molecule has 2 N–H and O–H groups in total. The standard InChI is InChI=1S/C11H12N2S2/c12-7-9-1-3-10(4-2-9)8-15-11-13-5-6-14-11/h1-6H,7-8,12H2. The maximum atomic E-state index is 5.54. The van der Waals surface area contributed by atoms with E-state index >= 15 is 0 Å². The van der Waals surface area contributed by atoms with Crippen LogP contribution in [0.5, 0.6) is 0 Å². The molecule has 0 aliphatic rings. The van der Waals surface area contributed by atoms with Gasteiger partial charge in [0.05, 0.1) is 0 Å². The predicted molar refractivity (Wildman–Crippen MR) is 66.0 cm³/mol. The van der Waals surface area contributed by atoms with Gasteiger partial charge in [0.2, 0.25) is 0 Å². The third kappa shape index (κ3) is 3.06. The number of hydrogen-bond acceptors (Lipinski definition) is 4. The summed E-state index contributed by atoms with van der Waals surface area (Å²) in [6.07, 6.45) is 1.84. The second-order valence-corrected chi connectivity index (χ2v) is 5.22. The molecule has 2 aromatic rings. The number of nitrogens with two attached hydrogens (primary N) is 1. The SMILES string of the molecule is NCc1ccc(CSc2nccs2)cc1. The molecule has 0 amide bonds. The first-order chi connectivity index (χ1) is 7.38. The minimum atomic E-state index is 0.611. The van der Waals surface area contributed by atoms with Crippen molar-refractivity contribution >= 4 is 23.1 Å². The Hall–Kier alpha value is -0.840. The van der Waals surface area contributed by atoms with E-state index in [2.05, 4.69) is 29.2 Å². The van der Waals surface area contributed by atoms with E-state index in [1.807, 2.05) is 11.6 Å². The van der Waals surface area contributed by atoms with Crippen molar-refractivity contribution in [3.05, 3.63) is 47.0 Å². The second-order valence-electron chi connectivity index (χ2n) is 3.11. The Morgan fingerprint density at radius 1 is 1.20 bits per heavy atom. The Morgan fingerprint density at radius 2 is 1.93 bits per heavy atom. The van der Waals surface area contributed by atoms with Crippen LogP contribution >= 0.6 is 23.1 Å². The summed E-state index contributed by atoms with van der Waals surface area (Å²) in [5, 5.41) is 2.00. The van der Waals surface area contributed by atoms with Crippen molar-refractivity contribution in [2.75, 3.05) is 0 Å². The minimum absolute atomic E-state index is 0.611. The zero-order valence-electron chi connectivity index (χ0n) is 8.22. The Bertz CT molecular complexity index is 395. The summed E-state index contributed by atoms with van der Waals surface area (Å²) in [4.78, 5) is 4.23. The zero-order chi connectivity index (χ0) is 10.5. The molecule has 1 heterocycles. The van der Waals surface area contributed by atoms with Crippen LogP contribution in [0.4, 0.5) is 0 Å². The third-order valence-corrected chi connectivity index (χ3v) is 4.07. The van der Waals surface area contributed by atoms with Gasteiger partial charge in [-0.25, -0.2) is 4.98 Å². The molecule has 0 aliphatic carbocycles. The van der Waals surface area contributed by atoms with Gasteiger partial charge in [0.1, 0.15) is 4.34 Å². The van der Waals surface area contributed by atoms with Gasteiger partial charge >= 0.3 is 0 Å². The highest BCUT2D eigenvalue weighted by molar-refractivity contribution is 8.00. The maximum absolute atomic E-state index is 5.54. The molecule has 15 heavy (non-hydrogen) atoms. The smallest absolute Gasteiger partial charge is 0.150 e. The molecule has 0 bridgehead atoms. The van der Waals surface area contributed by atoms with Crippen LogP contribution in [-0.4, -0.2) is 4.98 Å². The molecular formula is C11H12N2S2. The lowest BCUT2D eigenvalue weighted by Crippen LogP contribution is -1.95. The molecule has 2 rings (SSSR count). The Balaban J connectivity index is 1.93. The number of nitrogens with zero attached hydrogens (tertiary/aromatic N) is 1. The van der Waals surface area contributed by atoms with Gasteiger partial charge in [-0.3, -0.25) is 0 Å². The predicted octanol–water partition coefficient (Wildman–Crippen LogP) is 2.89. The number of hydrogen-bond donors (Lipinski definition) is 1. The lowest BCUT2D eigenvalue weighted by molar-refractivity contribution is 1.07. The van der Waals surface area contributed by atoms with Gasteiger partial charge in [-0.15, -0.1) is 11.3 Å². The summed E-state index contributed by atoms with van der Waals surface area (Å²) in [7, 11) is 0. The van der Waals surface area contributed by atoms with Gasteiger partial charge in [-0.05, 0) is 11.1 Å². The number of thioether (sulfide) groups is 1. The summed E-state index contributed by atoms with van der Waals surface area (Å²) < 4.78 is 1.12. The first-order valence-electron chi connectivity index (χ1n) is 4.68. The summed E-state index contributed by atoms with van der Waals surface area (Å²) in [5.41, 5.74) is 8.03. The normalized spacial score (nSPS) is 10.5. The van der Waals surface area contributed by atoms with Crippen LogP contribution < -0.4 is 5.73 Å². The summed E-state index contributed by atoms with van der Waals surface area (Å²) in [5.74, 6) is 0.971. The van der Waals surface area contributed by atoms with E-state index in [-0.39, 0.29) is 0 Å². The highest BCUT2D eigenvalue weighted by atomic mass is 32.2. The largest absolute Gasteiger partial charge is 0.326 e. The van der Waals surface area contributed by atoms with Crippen molar-refractivity contribution in [1.29, 1.82) is 0 Å². The molecule has 0 saturated heterocycles. The molecule has 0 spiro atoms. The fourth-order valence-corrected chi connectivity index (χ4v) is 2.79. The quantitative estimate of drug-likeness (QED) is 0.830. The lowest BCUT2D eigenvalue weighted by Gasteiger charge is -2.00. The molecule has 2 nitrogen and oxygen atoms in total. The first-order valence-corrected chi connectivity index (χ1v) is 6.55. The van der Waals surface area contributed by atoms with E-state index in [1.54, 1.807) is 23.1 Å². The van der Waals surface area contributed by atoms with Crippen LogP contribution in [0.3, 0.4) is 0 Å². The van der Waals surface area contributed by atoms with E-state index in [0.717, 1.165) is 10.1 Å². The highest BCUT2D eigenvalue weighted by Crippen LogP contribution is 2.24. The summed E-state index contributed by atoms with van der Waals surface area (Å²) >= 11 is 3.45. The molecular weight excluding hydrogens is 224 g/mol. The third-order valence-electron chi connectivity index (χ3n) is 2.03. The lowest BCUT2D eigenvalue weighted by atomic mass is 10.1. The minimum Gasteiger partial charge on any atom is -0.326 e. The Morgan fingerprint density at radius 3 is 2.53 bits per heavy atom. The van der Waals surface area contributed by atoms with E-state index in [9.17, 15) is 0 Å². The van der Waals surface area contributed by atoms with E-state index in [4.69, 9.17) is 5.73 Å². The topological polar surface area (TPSA) is 38.9 Å². The molecule has 0 aliphatic heterocycles. The van der Waals surface area contributed by atoms with Gasteiger partial charge in [0, 0.05) is 23.9 Å². The number of benzene rings is 1. The molecule has 4 heteroatoms. The molecule has 0 radical (unpaired) electrons.